The lowest BCUT2D eigenvalue weighted by Gasteiger charge is -2.26. The summed E-state index contributed by atoms with van der Waals surface area (Å²) in [6, 6.07) is 9.59. The third-order valence-electron chi connectivity index (χ3n) is 5.61. The van der Waals surface area contributed by atoms with Crippen molar-refractivity contribution >= 4 is 64.1 Å². The van der Waals surface area contributed by atoms with E-state index < -0.39 is 11.8 Å². The van der Waals surface area contributed by atoms with Gasteiger partial charge in [-0.1, -0.05) is 76.7 Å². The fourth-order valence-corrected chi connectivity index (χ4v) is 5.05. The number of hydrogen-bond donors (Lipinski definition) is 0. The topological polar surface area (TPSA) is 57.7 Å². The van der Waals surface area contributed by atoms with Crippen molar-refractivity contribution in [3.63, 3.8) is 0 Å². The lowest BCUT2D eigenvalue weighted by Crippen LogP contribution is -2.36. The number of carbonyl (C=O) groups is 3. The second kappa shape index (κ2) is 8.04. The molecule has 156 valence electrons. The number of benzene rings is 2. The fraction of sp³-hybridized carbons (Fsp3) is 0.286. The predicted octanol–water partition coefficient (Wildman–Crippen LogP) is 5.51. The molecule has 0 aliphatic carbocycles. The minimum Gasteiger partial charge on any atom is -0.336 e. The van der Waals surface area contributed by atoms with Crippen LogP contribution in [0.2, 0.25) is 20.1 Å². The maximum atomic E-state index is 12.9. The molecule has 0 saturated carbocycles. The van der Waals surface area contributed by atoms with Crippen LogP contribution in [0.25, 0.3) is 0 Å². The number of amides is 3. The number of fused-ring (bicyclic) bond motifs is 1. The van der Waals surface area contributed by atoms with Gasteiger partial charge in [-0.15, -0.1) is 0 Å². The molecule has 2 heterocycles. The normalized spacial score (nSPS) is 19.6. The maximum absolute atomic E-state index is 12.9. The van der Waals surface area contributed by atoms with Crippen LogP contribution in [0.4, 0.5) is 0 Å². The van der Waals surface area contributed by atoms with Crippen LogP contribution in [0.15, 0.2) is 30.3 Å². The van der Waals surface area contributed by atoms with Gasteiger partial charge in [0.2, 0.25) is 5.91 Å². The summed E-state index contributed by atoms with van der Waals surface area (Å²) in [6.45, 7) is 2.48. The van der Waals surface area contributed by atoms with Gasteiger partial charge >= 0.3 is 0 Å². The van der Waals surface area contributed by atoms with E-state index in [4.69, 9.17) is 46.4 Å². The van der Waals surface area contributed by atoms with Gasteiger partial charge in [0.15, 0.2) is 0 Å². The summed E-state index contributed by atoms with van der Waals surface area (Å²) < 4.78 is 0. The van der Waals surface area contributed by atoms with Gasteiger partial charge in [-0.2, -0.15) is 0 Å². The van der Waals surface area contributed by atoms with Crippen LogP contribution in [0.1, 0.15) is 45.7 Å². The summed E-state index contributed by atoms with van der Waals surface area (Å²) in [4.78, 5) is 41.3. The molecule has 0 spiro atoms. The van der Waals surface area contributed by atoms with E-state index in [-0.39, 0.29) is 62.0 Å². The standard InChI is InChI=1S/C21H16Cl4N2O3/c1-10(12-5-3-2-4-6-12)26-8-11(7-13(26)28)9-27-20(29)14-15(21(27)30)17(23)19(25)18(24)16(14)22/h2-6,10-11H,7-9H2,1H3/t10-,11-/m1/s1. The van der Waals surface area contributed by atoms with Crippen molar-refractivity contribution in [2.45, 2.75) is 19.4 Å². The number of imide groups is 1. The van der Waals surface area contributed by atoms with Crippen molar-refractivity contribution in [1.82, 2.24) is 9.80 Å². The van der Waals surface area contributed by atoms with E-state index in [1.54, 1.807) is 4.90 Å². The Bertz CT molecular complexity index is 1030. The highest BCUT2D eigenvalue weighted by Gasteiger charge is 2.44. The van der Waals surface area contributed by atoms with Gasteiger partial charge in [-0.05, 0) is 12.5 Å². The van der Waals surface area contributed by atoms with Crippen molar-refractivity contribution in [2.24, 2.45) is 5.92 Å². The molecular weight excluding hydrogens is 470 g/mol. The Balaban J connectivity index is 1.55. The molecule has 0 radical (unpaired) electrons. The van der Waals surface area contributed by atoms with Crippen molar-refractivity contribution in [3.8, 4) is 0 Å². The largest absolute Gasteiger partial charge is 0.336 e. The lowest BCUT2D eigenvalue weighted by atomic mass is 10.1. The van der Waals surface area contributed by atoms with E-state index in [1.807, 2.05) is 37.3 Å². The molecule has 2 aromatic rings. The molecule has 5 nitrogen and oxygen atoms in total. The Morgan fingerprint density at radius 1 is 0.900 bits per heavy atom. The van der Waals surface area contributed by atoms with Crippen molar-refractivity contribution < 1.29 is 14.4 Å². The van der Waals surface area contributed by atoms with E-state index in [1.165, 1.54) is 0 Å². The van der Waals surface area contributed by atoms with Crippen LogP contribution in [-0.2, 0) is 4.79 Å². The Hall–Kier alpha value is -1.79. The molecule has 2 aromatic carbocycles. The van der Waals surface area contributed by atoms with E-state index in [9.17, 15) is 14.4 Å². The Labute approximate surface area is 193 Å². The first-order valence-corrected chi connectivity index (χ1v) is 10.8. The number of nitrogens with zero attached hydrogens (tertiary/aromatic N) is 2. The zero-order valence-corrected chi connectivity index (χ0v) is 18.8. The predicted molar refractivity (Wildman–Crippen MR) is 117 cm³/mol. The van der Waals surface area contributed by atoms with E-state index >= 15 is 0 Å². The number of hydrogen-bond acceptors (Lipinski definition) is 3. The SMILES string of the molecule is C[C@H](c1ccccc1)N1C[C@H](CN2C(=O)c3c(Cl)c(Cl)c(Cl)c(Cl)c3C2=O)CC1=O. The maximum Gasteiger partial charge on any atom is 0.263 e. The molecular formula is C21H16Cl4N2O3. The van der Waals surface area contributed by atoms with Crippen LogP contribution in [0.3, 0.4) is 0 Å². The third-order valence-corrected chi connectivity index (χ3v) is 7.42. The molecule has 1 saturated heterocycles. The van der Waals surface area contributed by atoms with Crippen LogP contribution < -0.4 is 0 Å². The molecule has 30 heavy (non-hydrogen) atoms. The minimum atomic E-state index is -0.581. The van der Waals surface area contributed by atoms with Crippen LogP contribution in [0.5, 0.6) is 0 Å². The molecule has 3 amide bonds. The average Bonchev–Trinajstić information content (AvgIpc) is 3.23. The van der Waals surface area contributed by atoms with Gasteiger partial charge in [-0.3, -0.25) is 19.3 Å². The summed E-state index contributed by atoms with van der Waals surface area (Å²) in [7, 11) is 0. The molecule has 2 atom stereocenters. The number of likely N-dealkylation sites (tertiary alicyclic amines) is 1. The molecule has 2 aliphatic rings. The van der Waals surface area contributed by atoms with Crippen molar-refractivity contribution in [3.05, 3.63) is 67.1 Å². The number of carbonyl (C=O) groups excluding carboxylic acids is 3. The van der Waals surface area contributed by atoms with Crippen molar-refractivity contribution in [2.75, 3.05) is 13.1 Å². The molecule has 0 unspecified atom stereocenters. The van der Waals surface area contributed by atoms with Gasteiger partial charge < -0.3 is 4.90 Å². The van der Waals surface area contributed by atoms with Gasteiger partial charge in [-0.25, -0.2) is 0 Å². The molecule has 0 N–H and O–H groups in total. The molecule has 4 rings (SSSR count). The van der Waals surface area contributed by atoms with Crippen LogP contribution in [0, 0.1) is 5.92 Å². The highest BCUT2D eigenvalue weighted by atomic mass is 35.5. The molecule has 9 heteroatoms. The minimum absolute atomic E-state index is 0.0184. The monoisotopic (exact) mass is 484 g/mol. The Kier molecular flexibility index (Phi) is 5.75. The molecule has 0 aromatic heterocycles. The zero-order valence-electron chi connectivity index (χ0n) is 15.8. The highest BCUT2D eigenvalue weighted by Crippen LogP contribution is 2.45. The summed E-state index contributed by atoms with van der Waals surface area (Å²) in [5, 5.41) is -0.319. The van der Waals surface area contributed by atoms with Crippen molar-refractivity contribution in [1.29, 1.82) is 0 Å². The second-order valence-electron chi connectivity index (χ2n) is 7.43. The number of halogens is 4. The summed E-state index contributed by atoms with van der Waals surface area (Å²) in [5.74, 6) is -1.38. The molecule has 0 bridgehead atoms. The first-order valence-electron chi connectivity index (χ1n) is 9.28. The second-order valence-corrected chi connectivity index (χ2v) is 8.94. The lowest BCUT2D eigenvalue weighted by molar-refractivity contribution is -0.129. The van der Waals surface area contributed by atoms with Crippen LogP contribution >= 0.6 is 46.4 Å². The Morgan fingerprint density at radius 2 is 1.43 bits per heavy atom. The fourth-order valence-electron chi connectivity index (χ4n) is 4.04. The van der Waals surface area contributed by atoms with E-state index in [0.717, 1.165) is 10.5 Å². The van der Waals surface area contributed by atoms with Gasteiger partial charge in [0.1, 0.15) is 0 Å². The van der Waals surface area contributed by atoms with E-state index in [2.05, 4.69) is 0 Å². The molecule has 2 aliphatic heterocycles. The zero-order chi connectivity index (χ0) is 21.7. The first kappa shape index (κ1) is 21.4. The van der Waals surface area contributed by atoms with E-state index in [0.29, 0.717) is 6.54 Å². The summed E-state index contributed by atoms with van der Waals surface area (Å²) in [5.41, 5.74) is 0.940. The van der Waals surface area contributed by atoms with Gasteiger partial charge in [0.05, 0.1) is 37.3 Å². The summed E-state index contributed by atoms with van der Waals surface area (Å²) in [6.07, 6.45) is 0.244. The average molecular weight is 486 g/mol. The number of rotatable bonds is 4. The first-order chi connectivity index (χ1) is 14.2. The van der Waals surface area contributed by atoms with Crippen LogP contribution in [-0.4, -0.2) is 40.6 Å². The van der Waals surface area contributed by atoms with Gasteiger partial charge in [0, 0.05) is 25.4 Å². The highest BCUT2D eigenvalue weighted by molar-refractivity contribution is 6.55. The van der Waals surface area contributed by atoms with Gasteiger partial charge in [0.25, 0.3) is 11.8 Å². The quantitative estimate of drug-likeness (QED) is 0.326. The smallest absolute Gasteiger partial charge is 0.263 e. The third kappa shape index (κ3) is 3.38. The summed E-state index contributed by atoms with van der Waals surface area (Å²) >= 11 is 24.4. The molecule has 1 fully saturated rings. The Morgan fingerprint density at radius 3 is 1.97 bits per heavy atom.